The number of nitrogens with one attached hydrogen (secondary N) is 1. The zero-order valence-corrected chi connectivity index (χ0v) is 13.5. The average molecular weight is 304 g/mol. The predicted octanol–water partition coefficient (Wildman–Crippen LogP) is 3.24. The van der Waals surface area contributed by atoms with Crippen LogP contribution in [-0.2, 0) is 7.05 Å². The molecule has 0 bridgehead atoms. The SMILES string of the molecule is CCCCCCNc1cccc2c(O)c(OC)c(=O)n(C)c12. The van der Waals surface area contributed by atoms with Gasteiger partial charge in [0.05, 0.1) is 18.3 Å². The van der Waals surface area contributed by atoms with E-state index in [1.807, 2.05) is 12.1 Å². The number of fused-ring (bicyclic) bond motifs is 1. The Labute approximate surface area is 130 Å². The number of ether oxygens (including phenoxy) is 1. The molecule has 1 heterocycles. The molecule has 0 saturated carbocycles. The van der Waals surface area contributed by atoms with E-state index in [1.165, 1.54) is 30.9 Å². The molecular formula is C17H24N2O3. The number of pyridine rings is 1. The third kappa shape index (κ3) is 3.03. The summed E-state index contributed by atoms with van der Waals surface area (Å²) in [6.07, 6.45) is 4.71. The molecule has 2 N–H and O–H groups in total. The number of anilines is 1. The quantitative estimate of drug-likeness (QED) is 0.771. The van der Waals surface area contributed by atoms with Gasteiger partial charge in [-0.1, -0.05) is 32.3 Å². The summed E-state index contributed by atoms with van der Waals surface area (Å²) in [5, 5.41) is 14.2. The molecule has 2 rings (SSSR count). The van der Waals surface area contributed by atoms with Crippen LogP contribution < -0.4 is 15.6 Å². The summed E-state index contributed by atoms with van der Waals surface area (Å²) in [5.74, 6) is -0.120. The van der Waals surface area contributed by atoms with Crippen LogP contribution in [0.15, 0.2) is 23.0 Å². The van der Waals surface area contributed by atoms with E-state index in [0.29, 0.717) is 10.9 Å². The molecule has 0 aliphatic heterocycles. The first kappa shape index (κ1) is 16.2. The van der Waals surface area contributed by atoms with Crippen molar-refractivity contribution in [1.82, 2.24) is 4.57 Å². The molecule has 5 nitrogen and oxygen atoms in total. The predicted molar refractivity (Wildman–Crippen MR) is 90.0 cm³/mol. The summed E-state index contributed by atoms with van der Waals surface area (Å²) < 4.78 is 6.54. The lowest BCUT2D eigenvalue weighted by molar-refractivity contribution is 0.368. The molecule has 0 fully saturated rings. The first-order valence-electron chi connectivity index (χ1n) is 7.74. The molecule has 22 heavy (non-hydrogen) atoms. The normalized spacial score (nSPS) is 10.9. The van der Waals surface area contributed by atoms with Crippen LogP contribution in [0.1, 0.15) is 32.6 Å². The fourth-order valence-electron chi connectivity index (χ4n) is 2.67. The maximum absolute atomic E-state index is 12.3. The van der Waals surface area contributed by atoms with E-state index in [2.05, 4.69) is 12.2 Å². The third-order valence-electron chi connectivity index (χ3n) is 3.89. The molecule has 120 valence electrons. The van der Waals surface area contributed by atoms with Crippen molar-refractivity contribution in [3.05, 3.63) is 28.6 Å². The van der Waals surface area contributed by atoms with Crippen molar-refractivity contribution < 1.29 is 9.84 Å². The van der Waals surface area contributed by atoms with E-state index in [0.717, 1.165) is 18.7 Å². The van der Waals surface area contributed by atoms with E-state index < -0.39 is 0 Å². The van der Waals surface area contributed by atoms with Gasteiger partial charge in [0, 0.05) is 19.0 Å². The second-order valence-electron chi connectivity index (χ2n) is 5.44. The number of methoxy groups -OCH3 is 1. The number of hydrogen-bond donors (Lipinski definition) is 2. The zero-order chi connectivity index (χ0) is 16.1. The molecule has 0 amide bonds. The first-order chi connectivity index (χ1) is 10.6. The molecule has 0 saturated heterocycles. The number of unbranched alkanes of at least 4 members (excludes halogenated alkanes) is 3. The van der Waals surface area contributed by atoms with Crippen molar-refractivity contribution >= 4 is 16.6 Å². The number of aryl methyl sites for hydroxylation is 1. The minimum atomic E-state index is -0.340. The molecule has 0 atom stereocenters. The number of rotatable bonds is 7. The standard InChI is InChI=1S/C17H24N2O3/c1-4-5-6-7-11-18-13-10-8-9-12-14(13)19(2)17(21)16(22-3)15(12)20/h8-10,18,20H,4-7,11H2,1-3H3. The number of aromatic hydroxyl groups is 1. The van der Waals surface area contributed by atoms with Gasteiger partial charge in [0.1, 0.15) is 0 Å². The van der Waals surface area contributed by atoms with Crippen LogP contribution in [0, 0.1) is 0 Å². The van der Waals surface area contributed by atoms with Crippen LogP contribution in [0.25, 0.3) is 10.9 Å². The van der Waals surface area contributed by atoms with Gasteiger partial charge in [-0.2, -0.15) is 0 Å². The Kier molecular flexibility index (Phi) is 5.31. The Morgan fingerprint density at radius 3 is 2.73 bits per heavy atom. The van der Waals surface area contributed by atoms with Crippen LogP contribution in [-0.4, -0.2) is 23.3 Å². The van der Waals surface area contributed by atoms with Gasteiger partial charge in [-0.15, -0.1) is 0 Å². The molecule has 0 aliphatic rings. The number of hydrogen-bond acceptors (Lipinski definition) is 4. The molecule has 0 radical (unpaired) electrons. The maximum atomic E-state index is 12.3. The summed E-state index contributed by atoms with van der Waals surface area (Å²) in [5.41, 5.74) is 1.21. The first-order valence-corrected chi connectivity index (χ1v) is 7.74. The minimum Gasteiger partial charge on any atom is -0.504 e. The molecular weight excluding hydrogens is 280 g/mol. The number of nitrogens with zero attached hydrogens (tertiary/aromatic N) is 1. The molecule has 0 unspecified atom stereocenters. The Balaban J connectivity index is 2.38. The van der Waals surface area contributed by atoms with Crippen molar-refractivity contribution in [3.8, 4) is 11.5 Å². The van der Waals surface area contributed by atoms with E-state index >= 15 is 0 Å². The minimum absolute atomic E-state index is 0.0184. The number of benzene rings is 1. The fraction of sp³-hybridized carbons (Fsp3) is 0.471. The second-order valence-corrected chi connectivity index (χ2v) is 5.44. The lowest BCUT2D eigenvalue weighted by Gasteiger charge is -2.15. The molecule has 0 aliphatic carbocycles. The van der Waals surface area contributed by atoms with E-state index in [4.69, 9.17) is 4.74 Å². The van der Waals surface area contributed by atoms with Gasteiger partial charge in [-0.3, -0.25) is 4.79 Å². The van der Waals surface area contributed by atoms with Crippen LogP contribution >= 0.6 is 0 Å². The van der Waals surface area contributed by atoms with Crippen LogP contribution in [0.4, 0.5) is 5.69 Å². The highest BCUT2D eigenvalue weighted by molar-refractivity contribution is 5.96. The smallest absolute Gasteiger partial charge is 0.297 e. The van der Waals surface area contributed by atoms with Gasteiger partial charge in [0.15, 0.2) is 5.75 Å². The van der Waals surface area contributed by atoms with Gasteiger partial charge in [0.2, 0.25) is 5.75 Å². The summed E-state index contributed by atoms with van der Waals surface area (Å²) in [7, 11) is 3.08. The summed E-state index contributed by atoms with van der Waals surface area (Å²) >= 11 is 0. The van der Waals surface area contributed by atoms with Crippen molar-refractivity contribution in [2.75, 3.05) is 19.0 Å². The Bertz CT molecular complexity index is 707. The van der Waals surface area contributed by atoms with Crippen molar-refractivity contribution in [2.24, 2.45) is 7.05 Å². The number of aromatic nitrogens is 1. The number of para-hydroxylation sites is 1. The topological polar surface area (TPSA) is 63.5 Å². The van der Waals surface area contributed by atoms with Crippen molar-refractivity contribution in [2.45, 2.75) is 32.6 Å². The summed E-state index contributed by atoms with van der Waals surface area (Å²) in [6, 6.07) is 5.57. The van der Waals surface area contributed by atoms with Crippen LogP contribution in [0.2, 0.25) is 0 Å². The Morgan fingerprint density at radius 2 is 2.05 bits per heavy atom. The Hall–Kier alpha value is -2.17. The van der Waals surface area contributed by atoms with Crippen molar-refractivity contribution in [1.29, 1.82) is 0 Å². The lowest BCUT2D eigenvalue weighted by Crippen LogP contribution is -2.20. The molecule has 2 aromatic rings. The highest BCUT2D eigenvalue weighted by Gasteiger charge is 2.16. The van der Waals surface area contributed by atoms with E-state index in [-0.39, 0.29) is 17.1 Å². The highest BCUT2D eigenvalue weighted by atomic mass is 16.5. The summed E-state index contributed by atoms with van der Waals surface area (Å²) in [4.78, 5) is 12.3. The highest BCUT2D eigenvalue weighted by Crippen LogP contribution is 2.34. The van der Waals surface area contributed by atoms with Gasteiger partial charge < -0.3 is 19.7 Å². The largest absolute Gasteiger partial charge is 0.504 e. The fourth-order valence-corrected chi connectivity index (χ4v) is 2.67. The maximum Gasteiger partial charge on any atom is 0.297 e. The molecule has 0 spiro atoms. The van der Waals surface area contributed by atoms with Gasteiger partial charge >= 0.3 is 0 Å². The van der Waals surface area contributed by atoms with Gasteiger partial charge in [0.25, 0.3) is 5.56 Å². The van der Waals surface area contributed by atoms with Gasteiger partial charge in [-0.25, -0.2) is 0 Å². The lowest BCUT2D eigenvalue weighted by atomic mass is 10.1. The van der Waals surface area contributed by atoms with E-state index in [1.54, 1.807) is 13.1 Å². The zero-order valence-electron chi connectivity index (χ0n) is 13.5. The summed E-state index contributed by atoms with van der Waals surface area (Å²) in [6.45, 7) is 3.03. The van der Waals surface area contributed by atoms with Gasteiger partial charge in [-0.05, 0) is 18.6 Å². The van der Waals surface area contributed by atoms with Crippen LogP contribution in [0.3, 0.4) is 0 Å². The molecule has 1 aromatic heterocycles. The third-order valence-corrected chi connectivity index (χ3v) is 3.89. The molecule has 5 heteroatoms. The Morgan fingerprint density at radius 1 is 1.27 bits per heavy atom. The average Bonchev–Trinajstić information content (AvgIpc) is 2.53. The van der Waals surface area contributed by atoms with E-state index in [9.17, 15) is 9.90 Å². The monoisotopic (exact) mass is 304 g/mol. The molecule has 1 aromatic carbocycles. The van der Waals surface area contributed by atoms with Crippen LogP contribution in [0.5, 0.6) is 11.5 Å². The second kappa shape index (κ2) is 7.20. The van der Waals surface area contributed by atoms with Crippen molar-refractivity contribution in [3.63, 3.8) is 0 Å².